The zero-order valence-corrected chi connectivity index (χ0v) is 12.8. The molecule has 0 saturated heterocycles. The predicted octanol–water partition coefficient (Wildman–Crippen LogP) is 0.949. The number of amides is 1. The van der Waals surface area contributed by atoms with E-state index < -0.39 is 5.41 Å². The molecule has 6 nitrogen and oxygen atoms in total. The number of hydrogen-bond acceptors (Lipinski definition) is 4. The van der Waals surface area contributed by atoms with Crippen molar-refractivity contribution in [2.45, 2.75) is 33.1 Å². The molecule has 0 spiro atoms. The summed E-state index contributed by atoms with van der Waals surface area (Å²) >= 11 is 0. The molecule has 0 aliphatic rings. The van der Waals surface area contributed by atoms with Gasteiger partial charge in [0.15, 0.2) is 5.84 Å². The number of rotatable bonds is 8. The van der Waals surface area contributed by atoms with Crippen LogP contribution in [0.2, 0.25) is 0 Å². The second kappa shape index (κ2) is 7.99. The quantitative estimate of drug-likeness (QED) is 0.298. The van der Waals surface area contributed by atoms with Crippen molar-refractivity contribution < 1.29 is 10.0 Å². The van der Waals surface area contributed by atoms with Crippen LogP contribution in [0, 0.1) is 5.41 Å². The van der Waals surface area contributed by atoms with Crippen molar-refractivity contribution in [2.24, 2.45) is 16.3 Å². The normalized spacial score (nSPS) is 12.8. The van der Waals surface area contributed by atoms with Gasteiger partial charge in [0.2, 0.25) is 5.91 Å². The number of nitrogens with two attached hydrogens (primary N) is 1. The maximum absolute atomic E-state index is 12.5. The topological polar surface area (TPSA) is 82.2 Å². The van der Waals surface area contributed by atoms with Crippen molar-refractivity contribution in [3.05, 3.63) is 0 Å². The Morgan fingerprint density at radius 2 is 1.74 bits per heavy atom. The molecule has 0 heterocycles. The summed E-state index contributed by atoms with van der Waals surface area (Å²) < 4.78 is 0. The largest absolute Gasteiger partial charge is 0.409 e. The summed E-state index contributed by atoms with van der Waals surface area (Å²) in [5, 5.41) is 12.0. The molecule has 0 aliphatic heterocycles. The molecule has 0 saturated carbocycles. The van der Waals surface area contributed by atoms with Crippen LogP contribution in [0.5, 0.6) is 0 Å². The van der Waals surface area contributed by atoms with Gasteiger partial charge < -0.3 is 20.7 Å². The van der Waals surface area contributed by atoms with Crippen LogP contribution >= 0.6 is 0 Å². The smallest absolute Gasteiger partial charge is 0.236 e. The fraction of sp³-hybridized carbons (Fsp3) is 0.846. The van der Waals surface area contributed by atoms with Gasteiger partial charge >= 0.3 is 0 Å². The van der Waals surface area contributed by atoms with Gasteiger partial charge in [0, 0.05) is 13.6 Å². The number of hydrogen-bond donors (Lipinski definition) is 2. The van der Waals surface area contributed by atoms with Gasteiger partial charge in [0.05, 0.1) is 0 Å². The lowest BCUT2D eigenvalue weighted by Crippen LogP contribution is -2.50. The first-order chi connectivity index (χ1) is 8.85. The molecule has 19 heavy (non-hydrogen) atoms. The van der Waals surface area contributed by atoms with Crippen LogP contribution in [-0.4, -0.2) is 61.0 Å². The van der Waals surface area contributed by atoms with Gasteiger partial charge in [-0.05, 0) is 39.9 Å². The van der Waals surface area contributed by atoms with Crippen molar-refractivity contribution in [2.75, 3.05) is 34.2 Å². The van der Waals surface area contributed by atoms with Crippen molar-refractivity contribution >= 4 is 11.7 Å². The first-order valence-electron chi connectivity index (χ1n) is 6.74. The Bertz CT molecular complexity index is 312. The molecule has 0 bridgehead atoms. The van der Waals surface area contributed by atoms with E-state index in [0.717, 1.165) is 13.0 Å². The number of carbonyl (C=O) groups excluding carboxylic acids is 1. The lowest BCUT2D eigenvalue weighted by atomic mass is 9.79. The first-order valence-corrected chi connectivity index (χ1v) is 6.74. The Morgan fingerprint density at radius 1 is 1.21 bits per heavy atom. The molecule has 112 valence electrons. The third-order valence-electron chi connectivity index (χ3n) is 3.66. The lowest BCUT2D eigenvalue weighted by Gasteiger charge is -2.33. The summed E-state index contributed by atoms with van der Waals surface area (Å²) in [7, 11) is 5.77. The minimum Gasteiger partial charge on any atom is -0.409 e. The van der Waals surface area contributed by atoms with Crippen LogP contribution < -0.4 is 5.73 Å². The van der Waals surface area contributed by atoms with Crippen LogP contribution in [0.4, 0.5) is 0 Å². The number of oxime groups is 1. The number of nitrogens with zero attached hydrogens (tertiary/aromatic N) is 3. The summed E-state index contributed by atoms with van der Waals surface area (Å²) in [5.41, 5.74) is 4.85. The second-order valence-corrected chi connectivity index (χ2v) is 5.16. The van der Waals surface area contributed by atoms with Gasteiger partial charge in [-0.1, -0.05) is 19.0 Å². The SMILES string of the molecule is CCC(CC)(C(=O)N(C)CCCN(C)C)C(N)=NO. The average Bonchev–Trinajstić information content (AvgIpc) is 2.39. The molecule has 3 N–H and O–H groups in total. The van der Waals surface area contributed by atoms with Crippen molar-refractivity contribution in [3.8, 4) is 0 Å². The fourth-order valence-electron chi connectivity index (χ4n) is 2.21. The molecule has 0 aliphatic carbocycles. The van der Waals surface area contributed by atoms with E-state index in [0.29, 0.717) is 19.4 Å². The monoisotopic (exact) mass is 272 g/mol. The zero-order valence-electron chi connectivity index (χ0n) is 12.8. The molecular formula is C13H28N4O2. The van der Waals surface area contributed by atoms with Crippen LogP contribution in [0.25, 0.3) is 0 Å². The van der Waals surface area contributed by atoms with E-state index in [-0.39, 0.29) is 11.7 Å². The summed E-state index contributed by atoms with van der Waals surface area (Å²) in [6, 6.07) is 0. The van der Waals surface area contributed by atoms with E-state index in [1.54, 1.807) is 11.9 Å². The summed E-state index contributed by atoms with van der Waals surface area (Å²) in [5.74, 6) is -0.0754. The van der Waals surface area contributed by atoms with E-state index in [1.165, 1.54) is 0 Å². The van der Waals surface area contributed by atoms with Crippen LogP contribution in [0.15, 0.2) is 5.16 Å². The van der Waals surface area contributed by atoms with E-state index in [1.807, 2.05) is 27.9 Å². The Morgan fingerprint density at radius 3 is 2.11 bits per heavy atom. The number of amidine groups is 1. The zero-order chi connectivity index (χ0) is 15.1. The molecule has 0 radical (unpaired) electrons. The predicted molar refractivity (Wildman–Crippen MR) is 77.2 cm³/mol. The summed E-state index contributed by atoms with van der Waals surface area (Å²) in [6.07, 6.45) is 1.95. The van der Waals surface area contributed by atoms with Crippen molar-refractivity contribution in [3.63, 3.8) is 0 Å². The molecule has 0 aromatic rings. The van der Waals surface area contributed by atoms with Gasteiger partial charge in [-0.3, -0.25) is 4.79 Å². The minimum absolute atomic E-state index is 0.00181. The maximum atomic E-state index is 12.5. The maximum Gasteiger partial charge on any atom is 0.236 e. The highest BCUT2D eigenvalue weighted by molar-refractivity contribution is 6.06. The third-order valence-corrected chi connectivity index (χ3v) is 3.66. The highest BCUT2D eigenvalue weighted by Crippen LogP contribution is 2.29. The van der Waals surface area contributed by atoms with Crippen molar-refractivity contribution in [1.29, 1.82) is 0 Å². The van der Waals surface area contributed by atoms with Crippen LogP contribution in [-0.2, 0) is 4.79 Å². The molecule has 0 aromatic carbocycles. The Hall–Kier alpha value is -1.30. The van der Waals surface area contributed by atoms with Gasteiger partial charge in [-0.15, -0.1) is 0 Å². The average molecular weight is 272 g/mol. The van der Waals surface area contributed by atoms with Crippen LogP contribution in [0.3, 0.4) is 0 Å². The van der Waals surface area contributed by atoms with Crippen LogP contribution in [0.1, 0.15) is 33.1 Å². The minimum atomic E-state index is -0.887. The number of carbonyl (C=O) groups is 1. The van der Waals surface area contributed by atoms with E-state index in [9.17, 15) is 4.79 Å². The third kappa shape index (κ3) is 4.38. The highest BCUT2D eigenvalue weighted by atomic mass is 16.4. The molecule has 1 amide bonds. The van der Waals surface area contributed by atoms with E-state index >= 15 is 0 Å². The standard InChI is InChI=1S/C13H28N4O2/c1-6-13(7-2,11(14)15-19)12(18)17(5)10-8-9-16(3)4/h19H,6-10H2,1-5H3,(H2,14,15). The summed E-state index contributed by atoms with van der Waals surface area (Å²) in [4.78, 5) is 16.3. The van der Waals surface area contributed by atoms with Gasteiger partial charge in [0.25, 0.3) is 0 Å². The van der Waals surface area contributed by atoms with E-state index in [4.69, 9.17) is 10.9 Å². The van der Waals surface area contributed by atoms with Gasteiger partial charge in [-0.2, -0.15) is 0 Å². The molecule has 0 aromatic heterocycles. The van der Waals surface area contributed by atoms with Gasteiger partial charge in [0.1, 0.15) is 5.41 Å². The molecule has 0 rings (SSSR count). The van der Waals surface area contributed by atoms with E-state index in [2.05, 4.69) is 10.1 Å². The fourth-order valence-corrected chi connectivity index (χ4v) is 2.21. The van der Waals surface area contributed by atoms with Crippen molar-refractivity contribution in [1.82, 2.24) is 9.80 Å². The molecule has 0 atom stereocenters. The second-order valence-electron chi connectivity index (χ2n) is 5.16. The Kier molecular flexibility index (Phi) is 7.44. The first kappa shape index (κ1) is 17.7. The Balaban J connectivity index is 4.82. The molecular weight excluding hydrogens is 244 g/mol. The lowest BCUT2D eigenvalue weighted by molar-refractivity contribution is -0.137. The highest BCUT2D eigenvalue weighted by Gasteiger charge is 2.41. The molecule has 6 heteroatoms. The molecule has 0 unspecified atom stereocenters. The Labute approximate surface area is 116 Å². The summed E-state index contributed by atoms with van der Waals surface area (Å²) in [6.45, 7) is 5.35. The van der Waals surface area contributed by atoms with Gasteiger partial charge in [-0.25, -0.2) is 0 Å². The molecule has 0 fully saturated rings.